The Morgan fingerprint density at radius 3 is 2.79 bits per heavy atom. The van der Waals surface area contributed by atoms with Crippen molar-refractivity contribution >= 4 is 6.03 Å². The number of amides is 2. The van der Waals surface area contributed by atoms with Crippen molar-refractivity contribution in [1.29, 1.82) is 0 Å². The second-order valence-electron chi connectivity index (χ2n) is 4.09. The number of nitrogens with one attached hydrogen (secondary N) is 2. The van der Waals surface area contributed by atoms with Crippen LogP contribution in [0.4, 0.5) is 4.79 Å². The van der Waals surface area contributed by atoms with Crippen molar-refractivity contribution in [3.63, 3.8) is 0 Å². The molecule has 0 aliphatic heterocycles. The van der Waals surface area contributed by atoms with Gasteiger partial charge in [0.1, 0.15) is 0 Å². The average molecular weight is 259 g/mol. The van der Waals surface area contributed by atoms with Crippen LogP contribution >= 0.6 is 0 Å². The van der Waals surface area contributed by atoms with Crippen molar-refractivity contribution in [2.75, 3.05) is 6.54 Å². The molecular formula is C13H17N5O. The van der Waals surface area contributed by atoms with E-state index in [0.29, 0.717) is 13.1 Å². The van der Waals surface area contributed by atoms with E-state index in [4.69, 9.17) is 0 Å². The fourth-order valence-electron chi connectivity index (χ4n) is 1.62. The molecule has 19 heavy (non-hydrogen) atoms. The topological polar surface area (TPSA) is 71.8 Å². The van der Waals surface area contributed by atoms with Crippen LogP contribution in [0.25, 0.3) is 0 Å². The molecule has 0 spiro atoms. The van der Waals surface area contributed by atoms with E-state index in [1.807, 2.05) is 29.1 Å². The van der Waals surface area contributed by atoms with Crippen molar-refractivity contribution in [2.45, 2.75) is 19.5 Å². The number of pyridine rings is 1. The van der Waals surface area contributed by atoms with Gasteiger partial charge in [-0.15, -0.1) is 0 Å². The largest absolute Gasteiger partial charge is 0.338 e. The van der Waals surface area contributed by atoms with Gasteiger partial charge in [-0.25, -0.2) is 4.79 Å². The molecule has 2 heterocycles. The first-order valence-corrected chi connectivity index (χ1v) is 6.22. The summed E-state index contributed by atoms with van der Waals surface area (Å²) in [7, 11) is 0. The van der Waals surface area contributed by atoms with Crippen LogP contribution in [0.15, 0.2) is 43.0 Å². The Morgan fingerprint density at radius 2 is 2.05 bits per heavy atom. The minimum absolute atomic E-state index is 0.155. The van der Waals surface area contributed by atoms with Gasteiger partial charge in [-0.05, 0) is 30.2 Å². The Morgan fingerprint density at radius 1 is 1.21 bits per heavy atom. The maximum absolute atomic E-state index is 11.5. The standard InChI is InChI=1S/C13H17N5O/c19-13(16-11-12-3-7-14-8-4-12)15-5-1-9-18-10-2-6-17-18/h2-4,6-8,10H,1,5,9,11H2,(H2,15,16,19). The predicted octanol–water partition coefficient (Wildman–Crippen LogP) is 1.17. The van der Waals surface area contributed by atoms with E-state index < -0.39 is 0 Å². The highest BCUT2D eigenvalue weighted by molar-refractivity contribution is 5.73. The highest BCUT2D eigenvalue weighted by Crippen LogP contribution is 1.94. The van der Waals surface area contributed by atoms with Gasteiger partial charge in [0, 0.05) is 44.4 Å². The summed E-state index contributed by atoms with van der Waals surface area (Å²) in [6.07, 6.45) is 7.92. The number of nitrogens with zero attached hydrogens (tertiary/aromatic N) is 3. The summed E-state index contributed by atoms with van der Waals surface area (Å²) in [6, 6.07) is 5.47. The monoisotopic (exact) mass is 259 g/mol. The van der Waals surface area contributed by atoms with Gasteiger partial charge in [0.15, 0.2) is 0 Å². The summed E-state index contributed by atoms with van der Waals surface area (Å²) in [5, 5.41) is 9.69. The Labute approximate surface area is 111 Å². The van der Waals surface area contributed by atoms with E-state index >= 15 is 0 Å². The first kappa shape index (κ1) is 13.1. The number of carbonyl (C=O) groups excluding carboxylic acids is 1. The molecule has 0 aliphatic rings. The summed E-state index contributed by atoms with van der Waals surface area (Å²) in [5.41, 5.74) is 1.03. The molecule has 0 atom stereocenters. The maximum atomic E-state index is 11.5. The number of rotatable bonds is 6. The summed E-state index contributed by atoms with van der Waals surface area (Å²) < 4.78 is 1.84. The molecule has 6 heteroatoms. The van der Waals surface area contributed by atoms with E-state index in [2.05, 4.69) is 20.7 Å². The molecule has 0 fully saturated rings. The number of urea groups is 1. The molecule has 100 valence electrons. The van der Waals surface area contributed by atoms with Crippen molar-refractivity contribution in [1.82, 2.24) is 25.4 Å². The molecular weight excluding hydrogens is 242 g/mol. The Bertz CT molecular complexity index is 483. The first-order chi connectivity index (χ1) is 9.34. The second kappa shape index (κ2) is 7.15. The summed E-state index contributed by atoms with van der Waals surface area (Å²) in [5.74, 6) is 0. The average Bonchev–Trinajstić information content (AvgIpc) is 2.96. The third kappa shape index (κ3) is 4.79. The van der Waals surface area contributed by atoms with E-state index in [0.717, 1.165) is 18.5 Å². The highest BCUT2D eigenvalue weighted by atomic mass is 16.2. The zero-order valence-electron chi connectivity index (χ0n) is 10.6. The van der Waals surface area contributed by atoms with Crippen LogP contribution in [-0.2, 0) is 13.1 Å². The minimum Gasteiger partial charge on any atom is -0.338 e. The highest BCUT2D eigenvalue weighted by Gasteiger charge is 1.99. The quantitative estimate of drug-likeness (QED) is 0.765. The summed E-state index contributed by atoms with van der Waals surface area (Å²) in [4.78, 5) is 15.4. The van der Waals surface area contributed by atoms with Crippen LogP contribution in [0.2, 0.25) is 0 Å². The normalized spacial score (nSPS) is 10.1. The van der Waals surface area contributed by atoms with E-state index in [1.54, 1.807) is 18.6 Å². The van der Waals surface area contributed by atoms with Gasteiger partial charge >= 0.3 is 6.03 Å². The molecule has 2 rings (SSSR count). The SMILES string of the molecule is O=C(NCCCn1cccn1)NCc1ccncc1. The molecule has 0 radical (unpaired) electrons. The van der Waals surface area contributed by atoms with Crippen LogP contribution in [0.3, 0.4) is 0 Å². The molecule has 2 aromatic rings. The molecule has 0 saturated carbocycles. The molecule has 0 unspecified atom stereocenters. The Hall–Kier alpha value is -2.37. The molecule has 0 saturated heterocycles. The molecule has 6 nitrogen and oxygen atoms in total. The number of hydrogen-bond donors (Lipinski definition) is 2. The molecule has 0 bridgehead atoms. The lowest BCUT2D eigenvalue weighted by atomic mass is 10.3. The van der Waals surface area contributed by atoms with Gasteiger partial charge in [0.05, 0.1) is 0 Å². The Balaban J connectivity index is 1.57. The number of carbonyl (C=O) groups is 1. The fraction of sp³-hybridized carbons (Fsp3) is 0.308. The van der Waals surface area contributed by atoms with E-state index in [9.17, 15) is 4.79 Å². The molecule has 2 aromatic heterocycles. The lowest BCUT2D eigenvalue weighted by Gasteiger charge is -2.07. The third-order valence-corrected chi connectivity index (χ3v) is 2.61. The zero-order valence-corrected chi connectivity index (χ0v) is 10.6. The number of aryl methyl sites for hydroxylation is 1. The molecule has 2 amide bonds. The van der Waals surface area contributed by atoms with Crippen molar-refractivity contribution in [3.8, 4) is 0 Å². The maximum Gasteiger partial charge on any atom is 0.315 e. The van der Waals surface area contributed by atoms with Crippen molar-refractivity contribution in [3.05, 3.63) is 48.5 Å². The van der Waals surface area contributed by atoms with Crippen LogP contribution in [0.1, 0.15) is 12.0 Å². The van der Waals surface area contributed by atoms with E-state index in [-0.39, 0.29) is 6.03 Å². The van der Waals surface area contributed by atoms with Crippen molar-refractivity contribution in [2.24, 2.45) is 0 Å². The third-order valence-electron chi connectivity index (χ3n) is 2.61. The molecule has 0 aromatic carbocycles. The van der Waals surface area contributed by atoms with E-state index in [1.165, 1.54) is 0 Å². The van der Waals surface area contributed by atoms with Gasteiger partial charge in [0.25, 0.3) is 0 Å². The van der Waals surface area contributed by atoms with Crippen LogP contribution in [-0.4, -0.2) is 27.3 Å². The number of aromatic nitrogens is 3. The van der Waals surface area contributed by atoms with Crippen LogP contribution < -0.4 is 10.6 Å². The fourth-order valence-corrected chi connectivity index (χ4v) is 1.62. The Kier molecular flexibility index (Phi) is 4.92. The smallest absolute Gasteiger partial charge is 0.315 e. The van der Waals surface area contributed by atoms with Crippen molar-refractivity contribution < 1.29 is 4.79 Å². The lowest BCUT2D eigenvalue weighted by Crippen LogP contribution is -2.35. The second-order valence-corrected chi connectivity index (χ2v) is 4.09. The van der Waals surface area contributed by atoms with Gasteiger partial charge in [0.2, 0.25) is 0 Å². The summed E-state index contributed by atoms with van der Waals surface area (Å²) in [6.45, 7) is 1.94. The van der Waals surface area contributed by atoms with Gasteiger partial charge in [-0.1, -0.05) is 0 Å². The lowest BCUT2D eigenvalue weighted by molar-refractivity contribution is 0.240. The minimum atomic E-state index is -0.155. The number of hydrogen-bond acceptors (Lipinski definition) is 3. The first-order valence-electron chi connectivity index (χ1n) is 6.22. The molecule has 2 N–H and O–H groups in total. The zero-order chi connectivity index (χ0) is 13.3. The van der Waals surface area contributed by atoms with Crippen LogP contribution in [0.5, 0.6) is 0 Å². The predicted molar refractivity (Wildman–Crippen MR) is 71.3 cm³/mol. The summed E-state index contributed by atoms with van der Waals surface area (Å²) >= 11 is 0. The molecule has 0 aliphatic carbocycles. The van der Waals surface area contributed by atoms with Crippen LogP contribution in [0, 0.1) is 0 Å². The van der Waals surface area contributed by atoms with Gasteiger partial charge in [-0.3, -0.25) is 9.67 Å². The van der Waals surface area contributed by atoms with Gasteiger partial charge < -0.3 is 10.6 Å². The van der Waals surface area contributed by atoms with Gasteiger partial charge in [-0.2, -0.15) is 5.10 Å².